The Morgan fingerprint density at radius 3 is 2.79 bits per heavy atom. The Bertz CT molecular complexity index is 565. The van der Waals surface area contributed by atoms with Crippen LogP contribution >= 0.6 is 0 Å². The Morgan fingerprint density at radius 2 is 2.04 bits per heavy atom. The Kier molecular flexibility index (Phi) is 6.06. The molecule has 1 aromatic heterocycles. The first-order chi connectivity index (χ1) is 11.8. The van der Waals surface area contributed by atoms with E-state index in [-0.39, 0.29) is 6.61 Å². The Morgan fingerprint density at radius 1 is 1.21 bits per heavy atom. The largest absolute Gasteiger partial charge is 0.396 e. The summed E-state index contributed by atoms with van der Waals surface area (Å²) >= 11 is 0. The molecule has 5 heteroatoms. The first-order valence-electron chi connectivity index (χ1n) is 9.27. The quantitative estimate of drug-likeness (QED) is 0.899. The molecule has 1 aliphatic heterocycles. The third kappa shape index (κ3) is 4.25. The van der Waals surface area contributed by atoms with Crippen molar-refractivity contribution in [3.63, 3.8) is 0 Å². The normalized spacial score (nSPS) is 23.2. The van der Waals surface area contributed by atoms with Crippen LogP contribution in [0.25, 0.3) is 0 Å². The fraction of sp³-hybridized carbons (Fsp3) is 0.684. The van der Waals surface area contributed by atoms with Gasteiger partial charge in [-0.1, -0.05) is 25.3 Å². The lowest BCUT2D eigenvalue weighted by molar-refractivity contribution is 0.112. The van der Waals surface area contributed by atoms with Crippen LogP contribution in [-0.4, -0.2) is 53.8 Å². The standard InChI is InChI=1S/C19H28N4O/c20-13-17-7-4-8-19(21-17)23-11-10-22(18(15-23)9-12-24)14-16-5-2-1-3-6-16/h4,7-8,16,18,24H,1-3,5-6,9-12,14-15H2/t18-/m1/s1. The monoisotopic (exact) mass is 328 g/mol. The van der Waals surface area contributed by atoms with Crippen LogP contribution in [0.1, 0.15) is 44.2 Å². The third-order valence-electron chi connectivity index (χ3n) is 5.46. The van der Waals surface area contributed by atoms with Gasteiger partial charge in [-0.15, -0.1) is 0 Å². The maximum Gasteiger partial charge on any atom is 0.142 e. The molecule has 1 aromatic rings. The van der Waals surface area contributed by atoms with Gasteiger partial charge in [-0.2, -0.15) is 5.26 Å². The second kappa shape index (κ2) is 8.46. The summed E-state index contributed by atoms with van der Waals surface area (Å²) in [6.07, 6.45) is 7.67. The summed E-state index contributed by atoms with van der Waals surface area (Å²) in [5.41, 5.74) is 0.468. The lowest BCUT2D eigenvalue weighted by Crippen LogP contribution is -2.55. The molecule has 0 radical (unpaired) electrons. The number of hydrogen-bond donors (Lipinski definition) is 1. The summed E-state index contributed by atoms with van der Waals surface area (Å²) in [5, 5.41) is 18.5. The van der Waals surface area contributed by atoms with Crippen LogP contribution in [0.15, 0.2) is 18.2 Å². The molecule has 0 amide bonds. The number of aliphatic hydroxyl groups is 1. The minimum atomic E-state index is 0.228. The highest BCUT2D eigenvalue weighted by Gasteiger charge is 2.29. The van der Waals surface area contributed by atoms with Gasteiger partial charge in [0.1, 0.15) is 17.6 Å². The Labute approximate surface area is 144 Å². The van der Waals surface area contributed by atoms with Gasteiger partial charge >= 0.3 is 0 Å². The van der Waals surface area contributed by atoms with Crippen molar-refractivity contribution in [1.82, 2.24) is 9.88 Å². The average Bonchev–Trinajstić information content (AvgIpc) is 2.64. The number of aromatic nitrogens is 1. The van der Waals surface area contributed by atoms with Gasteiger partial charge in [0.2, 0.25) is 0 Å². The molecule has 0 spiro atoms. The minimum Gasteiger partial charge on any atom is -0.396 e. The van der Waals surface area contributed by atoms with E-state index in [1.807, 2.05) is 12.1 Å². The summed E-state index contributed by atoms with van der Waals surface area (Å²) < 4.78 is 0. The Hall–Kier alpha value is -1.64. The average molecular weight is 328 g/mol. The zero-order chi connectivity index (χ0) is 16.8. The van der Waals surface area contributed by atoms with Gasteiger partial charge in [-0.3, -0.25) is 4.90 Å². The molecule has 1 N–H and O–H groups in total. The van der Waals surface area contributed by atoms with Crippen molar-refractivity contribution in [3.8, 4) is 6.07 Å². The number of nitriles is 1. The molecule has 2 heterocycles. The molecule has 130 valence electrons. The first kappa shape index (κ1) is 17.2. The number of rotatable bonds is 5. The van der Waals surface area contributed by atoms with E-state index in [0.29, 0.717) is 11.7 Å². The highest BCUT2D eigenvalue weighted by Crippen LogP contribution is 2.27. The molecule has 2 fully saturated rings. The SMILES string of the molecule is N#Cc1cccc(N2CCN(CC3CCCCC3)[C@H](CCO)C2)n1. The highest BCUT2D eigenvalue weighted by atomic mass is 16.3. The van der Waals surface area contributed by atoms with Crippen molar-refractivity contribution in [2.75, 3.05) is 37.7 Å². The van der Waals surface area contributed by atoms with E-state index in [9.17, 15) is 5.11 Å². The van der Waals surface area contributed by atoms with E-state index in [4.69, 9.17) is 5.26 Å². The minimum absolute atomic E-state index is 0.228. The second-order valence-corrected chi connectivity index (χ2v) is 7.10. The summed E-state index contributed by atoms with van der Waals surface area (Å²) in [5.74, 6) is 1.71. The number of pyridine rings is 1. The number of hydrogen-bond acceptors (Lipinski definition) is 5. The van der Waals surface area contributed by atoms with Crippen LogP contribution in [0.5, 0.6) is 0 Å². The van der Waals surface area contributed by atoms with Crippen molar-refractivity contribution in [2.45, 2.75) is 44.6 Å². The van der Waals surface area contributed by atoms with Crippen LogP contribution < -0.4 is 4.90 Å². The molecule has 1 aliphatic carbocycles. The molecular weight excluding hydrogens is 300 g/mol. The van der Waals surface area contributed by atoms with E-state index < -0.39 is 0 Å². The molecule has 1 saturated heterocycles. The lowest BCUT2D eigenvalue weighted by Gasteiger charge is -2.43. The molecule has 1 saturated carbocycles. The van der Waals surface area contributed by atoms with Crippen LogP contribution in [0.3, 0.4) is 0 Å². The van der Waals surface area contributed by atoms with Gasteiger partial charge in [0.05, 0.1) is 0 Å². The van der Waals surface area contributed by atoms with Crippen LogP contribution in [0.4, 0.5) is 5.82 Å². The van der Waals surface area contributed by atoms with E-state index in [1.54, 1.807) is 6.07 Å². The van der Waals surface area contributed by atoms with E-state index in [2.05, 4.69) is 20.9 Å². The smallest absolute Gasteiger partial charge is 0.142 e. The number of anilines is 1. The molecule has 0 unspecified atom stereocenters. The maximum absolute atomic E-state index is 9.48. The fourth-order valence-corrected chi connectivity index (χ4v) is 4.13. The topological polar surface area (TPSA) is 63.4 Å². The van der Waals surface area contributed by atoms with Crippen LogP contribution in [0.2, 0.25) is 0 Å². The maximum atomic E-state index is 9.48. The van der Waals surface area contributed by atoms with Crippen molar-refractivity contribution in [2.24, 2.45) is 5.92 Å². The van der Waals surface area contributed by atoms with Crippen molar-refractivity contribution in [3.05, 3.63) is 23.9 Å². The molecule has 0 aromatic carbocycles. The molecule has 3 rings (SSSR count). The molecule has 0 bridgehead atoms. The number of piperazine rings is 1. The van der Waals surface area contributed by atoms with Gasteiger partial charge in [0, 0.05) is 38.8 Å². The molecule has 24 heavy (non-hydrogen) atoms. The van der Waals surface area contributed by atoms with Crippen LogP contribution in [0, 0.1) is 17.2 Å². The van der Waals surface area contributed by atoms with E-state index in [0.717, 1.165) is 37.8 Å². The van der Waals surface area contributed by atoms with Crippen molar-refractivity contribution < 1.29 is 5.11 Å². The van der Waals surface area contributed by atoms with Gasteiger partial charge in [-0.05, 0) is 37.3 Å². The predicted octanol–water partition coefficient (Wildman–Crippen LogP) is 2.41. The van der Waals surface area contributed by atoms with Gasteiger partial charge < -0.3 is 10.0 Å². The van der Waals surface area contributed by atoms with Crippen molar-refractivity contribution in [1.29, 1.82) is 5.26 Å². The van der Waals surface area contributed by atoms with Gasteiger partial charge in [0.25, 0.3) is 0 Å². The molecule has 5 nitrogen and oxygen atoms in total. The number of nitrogens with zero attached hydrogens (tertiary/aromatic N) is 4. The highest BCUT2D eigenvalue weighted by molar-refractivity contribution is 5.42. The lowest BCUT2D eigenvalue weighted by atomic mass is 9.88. The summed E-state index contributed by atoms with van der Waals surface area (Å²) in [6.45, 7) is 4.24. The second-order valence-electron chi connectivity index (χ2n) is 7.10. The van der Waals surface area contributed by atoms with E-state index in [1.165, 1.54) is 38.6 Å². The Balaban J connectivity index is 1.64. The van der Waals surface area contributed by atoms with Gasteiger partial charge in [0.15, 0.2) is 0 Å². The molecule has 2 aliphatic rings. The predicted molar refractivity (Wildman–Crippen MR) is 94.8 cm³/mol. The van der Waals surface area contributed by atoms with E-state index >= 15 is 0 Å². The number of aliphatic hydroxyl groups excluding tert-OH is 1. The zero-order valence-corrected chi connectivity index (χ0v) is 14.4. The fourth-order valence-electron chi connectivity index (χ4n) is 4.13. The third-order valence-corrected chi connectivity index (χ3v) is 5.46. The van der Waals surface area contributed by atoms with Gasteiger partial charge in [-0.25, -0.2) is 4.98 Å². The summed E-state index contributed by atoms with van der Waals surface area (Å²) in [4.78, 5) is 9.28. The molecule has 1 atom stereocenters. The first-order valence-corrected chi connectivity index (χ1v) is 9.27. The summed E-state index contributed by atoms with van der Waals surface area (Å²) in [7, 11) is 0. The van der Waals surface area contributed by atoms with Crippen LogP contribution in [-0.2, 0) is 0 Å². The summed E-state index contributed by atoms with van der Waals surface area (Å²) in [6, 6.07) is 8.11. The molecular formula is C19H28N4O. The zero-order valence-electron chi connectivity index (χ0n) is 14.4. The van der Waals surface area contributed by atoms with Crippen molar-refractivity contribution >= 4 is 5.82 Å².